The van der Waals surface area contributed by atoms with Crippen molar-refractivity contribution in [3.05, 3.63) is 48.5 Å². The third-order valence-electron chi connectivity index (χ3n) is 3.67. The van der Waals surface area contributed by atoms with E-state index in [-0.39, 0.29) is 0 Å². The maximum Gasteiger partial charge on any atom is 0.213 e. The van der Waals surface area contributed by atoms with Crippen LogP contribution in [0.1, 0.15) is 32.6 Å². The molecule has 27 heavy (non-hydrogen) atoms. The number of nitrogens with one attached hydrogen (secondary N) is 2. The van der Waals surface area contributed by atoms with Crippen LogP contribution in [0.25, 0.3) is 10.4 Å². The summed E-state index contributed by atoms with van der Waals surface area (Å²) in [6, 6.07) is 2.04. The molecule has 6 heteroatoms. The lowest BCUT2D eigenvalue weighted by molar-refractivity contribution is -0.105. The quantitative estimate of drug-likeness (QED) is 0.531. The fourth-order valence-electron chi connectivity index (χ4n) is 2.34. The van der Waals surface area contributed by atoms with E-state index in [0.717, 1.165) is 48.4 Å². The summed E-state index contributed by atoms with van der Waals surface area (Å²) in [6.07, 6.45) is 21.7. The van der Waals surface area contributed by atoms with Crippen LogP contribution < -0.4 is 10.6 Å². The summed E-state index contributed by atoms with van der Waals surface area (Å²) in [4.78, 5) is 19.8. The zero-order valence-corrected chi connectivity index (χ0v) is 16.3. The summed E-state index contributed by atoms with van der Waals surface area (Å²) in [5, 5.41) is 6.53. The number of carbonyl (C=O) groups is 1. The fourth-order valence-corrected chi connectivity index (χ4v) is 3.10. The predicted octanol–water partition coefficient (Wildman–Crippen LogP) is 4.88. The van der Waals surface area contributed by atoms with E-state index < -0.39 is 0 Å². The van der Waals surface area contributed by atoms with Crippen LogP contribution in [0, 0.1) is 12.3 Å². The maximum atomic E-state index is 10.4. The lowest BCUT2D eigenvalue weighted by atomic mass is 10.1. The van der Waals surface area contributed by atoms with Gasteiger partial charge in [0.15, 0.2) is 5.13 Å². The molecule has 0 atom stereocenters. The minimum absolute atomic E-state index is 0.584. The van der Waals surface area contributed by atoms with Crippen molar-refractivity contribution < 1.29 is 4.79 Å². The number of thiazole rings is 1. The van der Waals surface area contributed by atoms with Crippen LogP contribution in [0.4, 0.5) is 10.8 Å². The van der Waals surface area contributed by atoms with Crippen molar-refractivity contribution in [2.45, 2.75) is 32.6 Å². The highest BCUT2D eigenvalue weighted by molar-refractivity contribution is 7.19. The molecule has 2 aromatic rings. The fraction of sp³-hybridized carbons (Fsp3) is 0.286. The van der Waals surface area contributed by atoms with E-state index in [1.807, 2.05) is 12.3 Å². The number of rotatable bonds is 7. The largest absolute Gasteiger partial charge is 0.380 e. The van der Waals surface area contributed by atoms with E-state index in [1.165, 1.54) is 16.9 Å². The number of unbranched alkanes of at least 4 members (excludes halogenated alkanes) is 1. The summed E-state index contributed by atoms with van der Waals surface area (Å²) >= 11 is 1.42. The van der Waals surface area contributed by atoms with Gasteiger partial charge in [0, 0.05) is 37.1 Å². The number of hydrogen-bond donors (Lipinski definition) is 2. The number of hydrogen-bond acceptors (Lipinski definition) is 5. The molecule has 140 valence electrons. The van der Waals surface area contributed by atoms with Crippen LogP contribution >= 0.6 is 11.3 Å². The molecule has 5 nitrogen and oxygen atoms in total. The molecule has 0 radical (unpaired) electrons. The molecule has 2 N–H and O–H groups in total. The van der Waals surface area contributed by atoms with Crippen molar-refractivity contribution in [2.24, 2.45) is 0 Å². The predicted molar refractivity (Wildman–Crippen MR) is 114 cm³/mol. The molecule has 0 saturated carbocycles. The highest BCUT2D eigenvalue weighted by atomic mass is 32.1. The number of nitrogens with zero attached hydrogens (tertiary/aromatic N) is 2. The number of terminal acetylenes is 1. The van der Waals surface area contributed by atoms with Gasteiger partial charge < -0.3 is 10.6 Å². The number of amides is 1. The molecular formula is C21H24N4OS. The second-order valence-corrected chi connectivity index (χ2v) is 6.85. The van der Waals surface area contributed by atoms with Crippen molar-refractivity contribution >= 4 is 28.6 Å². The zero-order chi connectivity index (χ0) is 19.3. The first-order chi connectivity index (χ1) is 13.3. The lowest BCUT2D eigenvalue weighted by Gasteiger charge is -2.10. The van der Waals surface area contributed by atoms with E-state index in [9.17, 15) is 4.79 Å². The zero-order valence-electron chi connectivity index (χ0n) is 15.4. The van der Waals surface area contributed by atoms with Gasteiger partial charge in [-0.1, -0.05) is 36.5 Å². The highest BCUT2D eigenvalue weighted by Crippen LogP contribution is 2.29. The standard InChI is InChI=1S/C16H16N4OS.C5H8/c21-11-20-16-19-10-15(22-16)13-6-14(9-17-8-13)18-7-12-4-2-1-3-5-12;1-3-5-4-2/h2,4-6,8-11,18H,1,3,7H2,(H,19,20,21);1H,4-5H2,2H3. The normalized spacial score (nSPS) is 12.2. The number of pyridine rings is 1. The monoisotopic (exact) mass is 380 g/mol. The Hall–Kier alpha value is -2.91. The molecule has 0 unspecified atom stereocenters. The van der Waals surface area contributed by atoms with Gasteiger partial charge in [-0.25, -0.2) is 4.98 Å². The van der Waals surface area contributed by atoms with E-state index in [0.29, 0.717) is 11.5 Å². The number of anilines is 2. The van der Waals surface area contributed by atoms with Crippen molar-refractivity contribution in [1.82, 2.24) is 9.97 Å². The molecule has 0 fully saturated rings. The Balaban J connectivity index is 0.000000465. The molecule has 1 amide bonds. The molecule has 0 aromatic carbocycles. The third kappa shape index (κ3) is 7.08. The van der Waals surface area contributed by atoms with Gasteiger partial charge in [0.2, 0.25) is 6.41 Å². The molecule has 2 aromatic heterocycles. The van der Waals surface area contributed by atoms with Gasteiger partial charge in [-0.05, 0) is 30.9 Å². The second kappa shape index (κ2) is 11.7. The first-order valence-corrected chi connectivity index (χ1v) is 9.72. The van der Waals surface area contributed by atoms with Gasteiger partial charge in [0.25, 0.3) is 0 Å². The van der Waals surface area contributed by atoms with Crippen molar-refractivity contribution in [1.29, 1.82) is 0 Å². The minimum atomic E-state index is 0.584. The van der Waals surface area contributed by atoms with Crippen molar-refractivity contribution in [2.75, 3.05) is 17.2 Å². The molecule has 0 spiro atoms. The highest BCUT2D eigenvalue weighted by Gasteiger charge is 2.06. The second-order valence-electron chi connectivity index (χ2n) is 5.82. The van der Waals surface area contributed by atoms with Crippen LogP contribution in [-0.4, -0.2) is 22.9 Å². The van der Waals surface area contributed by atoms with Gasteiger partial charge in [-0.3, -0.25) is 9.78 Å². The van der Waals surface area contributed by atoms with Gasteiger partial charge in [-0.15, -0.1) is 12.3 Å². The van der Waals surface area contributed by atoms with Crippen LogP contribution in [0.2, 0.25) is 0 Å². The van der Waals surface area contributed by atoms with E-state index >= 15 is 0 Å². The first-order valence-electron chi connectivity index (χ1n) is 8.91. The SMILES string of the molecule is C#CCCC.O=CNc1ncc(-c2cncc(NCC3=CCCC=C3)c2)s1. The van der Waals surface area contributed by atoms with Crippen LogP contribution in [0.5, 0.6) is 0 Å². The summed E-state index contributed by atoms with van der Waals surface area (Å²) in [5.74, 6) is 2.52. The Labute approximate surface area is 164 Å². The number of aromatic nitrogens is 2. The Morgan fingerprint density at radius 3 is 2.89 bits per heavy atom. The number of carbonyl (C=O) groups excluding carboxylic acids is 1. The summed E-state index contributed by atoms with van der Waals surface area (Å²) < 4.78 is 0. The smallest absolute Gasteiger partial charge is 0.213 e. The summed E-state index contributed by atoms with van der Waals surface area (Å²) in [6.45, 7) is 2.86. The molecule has 1 aliphatic rings. The molecule has 2 heterocycles. The van der Waals surface area contributed by atoms with Gasteiger partial charge in [-0.2, -0.15) is 0 Å². The van der Waals surface area contributed by atoms with Crippen molar-refractivity contribution in [3.63, 3.8) is 0 Å². The van der Waals surface area contributed by atoms with Gasteiger partial charge in [0.05, 0.1) is 10.6 Å². The van der Waals surface area contributed by atoms with Gasteiger partial charge in [0.1, 0.15) is 0 Å². The lowest BCUT2D eigenvalue weighted by Crippen LogP contribution is -2.05. The van der Waals surface area contributed by atoms with E-state index in [4.69, 9.17) is 6.42 Å². The van der Waals surface area contributed by atoms with Crippen LogP contribution in [0.15, 0.2) is 48.5 Å². The minimum Gasteiger partial charge on any atom is -0.380 e. The summed E-state index contributed by atoms with van der Waals surface area (Å²) in [7, 11) is 0. The molecule has 0 bridgehead atoms. The van der Waals surface area contributed by atoms with E-state index in [2.05, 4.69) is 51.7 Å². The molecule has 0 aliphatic heterocycles. The Kier molecular flexibility index (Phi) is 8.81. The first kappa shape index (κ1) is 20.4. The Bertz CT molecular complexity index is 833. The third-order valence-corrected chi connectivity index (χ3v) is 4.65. The molecular weight excluding hydrogens is 356 g/mol. The van der Waals surface area contributed by atoms with Crippen LogP contribution in [-0.2, 0) is 4.79 Å². The van der Waals surface area contributed by atoms with Gasteiger partial charge >= 0.3 is 0 Å². The molecule has 3 rings (SSSR count). The summed E-state index contributed by atoms with van der Waals surface area (Å²) in [5.41, 5.74) is 3.25. The maximum absolute atomic E-state index is 10.4. The number of allylic oxidation sites excluding steroid dienone is 2. The molecule has 1 aliphatic carbocycles. The Morgan fingerprint density at radius 2 is 2.22 bits per heavy atom. The average Bonchev–Trinajstić information content (AvgIpc) is 3.18. The van der Waals surface area contributed by atoms with Crippen LogP contribution in [0.3, 0.4) is 0 Å². The van der Waals surface area contributed by atoms with E-state index in [1.54, 1.807) is 12.4 Å². The average molecular weight is 381 g/mol. The molecule has 0 saturated heterocycles. The van der Waals surface area contributed by atoms with Crippen molar-refractivity contribution in [3.8, 4) is 22.8 Å². The topological polar surface area (TPSA) is 66.9 Å². The Morgan fingerprint density at radius 1 is 1.33 bits per heavy atom.